The van der Waals surface area contributed by atoms with Crippen molar-refractivity contribution in [2.75, 3.05) is 5.75 Å². The van der Waals surface area contributed by atoms with Crippen molar-refractivity contribution >= 4 is 23.4 Å². The van der Waals surface area contributed by atoms with Crippen LogP contribution < -0.4 is 0 Å². The van der Waals surface area contributed by atoms with Gasteiger partial charge in [-0.15, -0.1) is 5.10 Å². The number of fused-ring (bicyclic) bond motifs is 1. The molecule has 0 N–H and O–H groups in total. The summed E-state index contributed by atoms with van der Waals surface area (Å²) in [5.41, 5.74) is 0. The predicted molar refractivity (Wildman–Crippen MR) is 41.2 cm³/mol. The van der Waals surface area contributed by atoms with Gasteiger partial charge in [0.2, 0.25) is 5.28 Å². The highest BCUT2D eigenvalue weighted by Gasteiger charge is 2.11. The summed E-state index contributed by atoms with van der Waals surface area (Å²) in [5, 5.41) is 4.38. The molecule has 54 valence electrons. The first-order valence-electron chi connectivity index (χ1n) is 3.03. The van der Waals surface area contributed by atoms with E-state index in [2.05, 4.69) is 10.1 Å². The fraction of sp³-hybridized carbons (Fsp3) is 0.600. The number of halogens is 1. The molecule has 0 unspecified atom stereocenters. The summed E-state index contributed by atoms with van der Waals surface area (Å²) < 4.78 is 1.87. The highest BCUT2D eigenvalue weighted by atomic mass is 35.5. The van der Waals surface area contributed by atoms with Gasteiger partial charge in [-0.25, -0.2) is 9.67 Å². The van der Waals surface area contributed by atoms with E-state index in [1.165, 1.54) is 0 Å². The molecule has 0 saturated carbocycles. The van der Waals surface area contributed by atoms with Gasteiger partial charge in [-0.2, -0.15) is 11.8 Å². The van der Waals surface area contributed by atoms with E-state index >= 15 is 0 Å². The fourth-order valence-electron chi connectivity index (χ4n) is 0.944. The Hall–Kier alpha value is -0.220. The number of aryl methyl sites for hydroxylation is 1. The average molecular weight is 176 g/mol. The Labute approximate surface area is 67.8 Å². The van der Waals surface area contributed by atoms with Crippen LogP contribution >= 0.6 is 23.4 Å². The molecular weight excluding hydrogens is 170 g/mol. The minimum Gasteiger partial charge on any atom is -0.247 e. The van der Waals surface area contributed by atoms with Crippen LogP contribution in [0.5, 0.6) is 0 Å². The SMILES string of the molecule is Clc1nc2n(n1)CCSC2. The van der Waals surface area contributed by atoms with Crippen LogP contribution in [-0.4, -0.2) is 20.5 Å². The van der Waals surface area contributed by atoms with Gasteiger partial charge in [0.15, 0.2) is 0 Å². The molecule has 3 nitrogen and oxygen atoms in total. The summed E-state index contributed by atoms with van der Waals surface area (Å²) in [4.78, 5) is 4.05. The third kappa shape index (κ3) is 1.01. The fourth-order valence-corrected chi connectivity index (χ4v) is 1.98. The summed E-state index contributed by atoms with van der Waals surface area (Å²) >= 11 is 7.47. The second-order valence-corrected chi connectivity index (χ2v) is 3.52. The Bertz CT molecular complexity index is 224. The van der Waals surface area contributed by atoms with Gasteiger partial charge in [-0.05, 0) is 11.6 Å². The smallest absolute Gasteiger partial charge is 0.242 e. The zero-order valence-electron chi connectivity index (χ0n) is 5.25. The van der Waals surface area contributed by atoms with Crippen molar-refractivity contribution in [2.45, 2.75) is 12.3 Å². The molecule has 0 atom stereocenters. The molecule has 1 aliphatic rings. The maximum atomic E-state index is 5.60. The monoisotopic (exact) mass is 175 g/mol. The van der Waals surface area contributed by atoms with Gasteiger partial charge in [0.25, 0.3) is 0 Å². The van der Waals surface area contributed by atoms with E-state index in [4.69, 9.17) is 11.6 Å². The maximum Gasteiger partial charge on any atom is 0.242 e. The van der Waals surface area contributed by atoms with Gasteiger partial charge >= 0.3 is 0 Å². The molecule has 5 heteroatoms. The molecule has 0 radical (unpaired) electrons. The third-order valence-corrected chi connectivity index (χ3v) is 2.49. The summed E-state index contributed by atoms with van der Waals surface area (Å²) in [7, 11) is 0. The first kappa shape index (κ1) is 6.49. The van der Waals surface area contributed by atoms with Crippen molar-refractivity contribution in [2.24, 2.45) is 0 Å². The molecule has 0 saturated heterocycles. The summed E-state index contributed by atoms with van der Waals surface area (Å²) in [5.74, 6) is 3.06. The van der Waals surface area contributed by atoms with Crippen LogP contribution in [0.2, 0.25) is 5.28 Å². The van der Waals surface area contributed by atoms with E-state index in [1.54, 1.807) is 0 Å². The summed E-state index contributed by atoms with van der Waals surface area (Å²) in [6.07, 6.45) is 0. The van der Waals surface area contributed by atoms with Gasteiger partial charge in [0.05, 0.1) is 12.3 Å². The number of rotatable bonds is 0. The Morgan fingerprint density at radius 1 is 1.60 bits per heavy atom. The molecule has 0 spiro atoms. The quantitative estimate of drug-likeness (QED) is 0.593. The van der Waals surface area contributed by atoms with Crippen LogP contribution in [-0.2, 0) is 12.3 Å². The zero-order valence-corrected chi connectivity index (χ0v) is 6.82. The molecule has 1 aromatic rings. The number of nitrogens with zero attached hydrogens (tertiary/aromatic N) is 3. The third-order valence-electron chi connectivity index (χ3n) is 1.40. The maximum absolute atomic E-state index is 5.60. The summed E-state index contributed by atoms with van der Waals surface area (Å²) in [6, 6.07) is 0. The summed E-state index contributed by atoms with van der Waals surface area (Å²) in [6.45, 7) is 0.944. The second kappa shape index (κ2) is 2.43. The Balaban J connectivity index is 2.41. The van der Waals surface area contributed by atoms with Gasteiger partial charge < -0.3 is 0 Å². The molecule has 0 aromatic carbocycles. The molecule has 2 heterocycles. The molecule has 0 fully saturated rings. The standard InChI is InChI=1S/C5H6ClN3S/c6-5-7-4-3-10-2-1-9(4)8-5/h1-3H2. The molecule has 2 rings (SSSR count). The number of hydrogen-bond acceptors (Lipinski definition) is 3. The van der Waals surface area contributed by atoms with E-state index < -0.39 is 0 Å². The van der Waals surface area contributed by atoms with Crippen LogP contribution in [0.15, 0.2) is 0 Å². The van der Waals surface area contributed by atoms with E-state index in [-0.39, 0.29) is 0 Å². The first-order chi connectivity index (χ1) is 4.86. The lowest BCUT2D eigenvalue weighted by atomic mass is 10.6. The Kier molecular flexibility index (Phi) is 1.58. The Morgan fingerprint density at radius 3 is 3.30 bits per heavy atom. The predicted octanol–water partition coefficient (Wildman–Crippen LogP) is 1.18. The van der Waals surface area contributed by atoms with Crippen LogP contribution in [0.3, 0.4) is 0 Å². The van der Waals surface area contributed by atoms with E-state index in [0.717, 1.165) is 23.9 Å². The topological polar surface area (TPSA) is 30.7 Å². The van der Waals surface area contributed by atoms with Gasteiger partial charge in [-0.3, -0.25) is 0 Å². The minimum atomic E-state index is 0.373. The molecular formula is C5H6ClN3S. The van der Waals surface area contributed by atoms with E-state index in [9.17, 15) is 0 Å². The van der Waals surface area contributed by atoms with Crippen molar-refractivity contribution in [3.8, 4) is 0 Å². The van der Waals surface area contributed by atoms with Crippen LogP contribution in [0.1, 0.15) is 5.82 Å². The molecule has 0 aliphatic carbocycles. The lowest BCUT2D eigenvalue weighted by Crippen LogP contribution is -2.11. The van der Waals surface area contributed by atoms with Crippen LogP contribution in [0.25, 0.3) is 0 Å². The highest BCUT2D eigenvalue weighted by molar-refractivity contribution is 7.98. The molecule has 0 amide bonds. The average Bonchev–Trinajstić information content (AvgIpc) is 2.27. The normalized spacial score (nSPS) is 16.9. The Morgan fingerprint density at radius 2 is 2.50 bits per heavy atom. The molecule has 0 bridgehead atoms. The van der Waals surface area contributed by atoms with E-state index in [1.807, 2.05) is 16.4 Å². The highest BCUT2D eigenvalue weighted by Crippen LogP contribution is 2.17. The molecule has 10 heavy (non-hydrogen) atoms. The molecule has 1 aliphatic heterocycles. The first-order valence-corrected chi connectivity index (χ1v) is 4.56. The second-order valence-electron chi connectivity index (χ2n) is 2.07. The van der Waals surface area contributed by atoms with E-state index in [0.29, 0.717) is 5.28 Å². The van der Waals surface area contributed by atoms with Crippen LogP contribution in [0.4, 0.5) is 0 Å². The van der Waals surface area contributed by atoms with Crippen molar-refractivity contribution in [1.82, 2.24) is 14.8 Å². The van der Waals surface area contributed by atoms with Crippen molar-refractivity contribution in [3.63, 3.8) is 0 Å². The van der Waals surface area contributed by atoms with Gasteiger partial charge in [0, 0.05) is 5.75 Å². The molecule has 1 aromatic heterocycles. The van der Waals surface area contributed by atoms with Gasteiger partial charge in [0.1, 0.15) is 5.82 Å². The van der Waals surface area contributed by atoms with Crippen LogP contribution in [0, 0.1) is 0 Å². The van der Waals surface area contributed by atoms with Crippen molar-refractivity contribution in [1.29, 1.82) is 0 Å². The largest absolute Gasteiger partial charge is 0.247 e. The van der Waals surface area contributed by atoms with Gasteiger partial charge in [-0.1, -0.05) is 0 Å². The minimum absolute atomic E-state index is 0.373. The number of thioether (sulfide) groups is 1. The number of hydrogen-bond donors (Lipinski definition) is 0. The number of aromatic nitrogens is 3. The van der Waals surface area contributed by atoms with Crippen molar-refractivity contribution in [3.05, 3.63) is 11.1 Å². The zero-order chi connectivity index (χ0) is 6.97. The van der Waals surface area contributed by atoms with Crippen molar-refractivity contribution < 1.29 is 0 Å². The lowest BCUT2D eigenvalue weighted by molar-refractivity contribution is 0.628. The lowest BCUT2D eigenvalue weighted by Gasteiger charge is -2.09.